The summed E-state index contributed by atoms with van der Waals surface area (Å²) in [6, 6.07) is 17.2. The molecule has 1 atom stereocenters. The molecule has 2 aromatic rings. The lowest BCUT2D eigenvalue weighted by Gasteiger charge is -2.30. The molecule has 1 aliphatic rings. The molecule has 2 aromatic carbocycles. The molecule has 0 aromatic heterocycles. The van der Waals surface area contributed by atoms with Crippen molar-refractivity contribution in [3.8, 4) is 0 Å². The number of carbonyl (C=O) groups is 1. The SMILES string of the molecule is CC1CCN(Cc2ccccc2CNC(=O)C(N)c2ccccc2)CC1.Cl.Cl. The normalized spacial score (nSPS) is 15.8. The van der Waals surface area contributed by atoms with Crippen LogP contribution < -0.4 is 11.1 Å². The van der Waals surface area contributed by atoms with Gasteiger partial charge in [-0.3, -0.25) is 9.69 Å². The van der Waals surface area contributed by atoms with Crippen molar-refractivity contribution < 1.29 is 4.79 Å². The number of carbonyl (C=O) groups excluding carboxylic acids is 1. The standard InChI is InChI=1S/C22H29N3O.2ClH/c1-17-11-13-25(14-12-17)16-20-10-6-5-9-19(20)15-24-22(26)21(23)18-7-3-2-4-8-18;;/h2-10,17,21H,11-16,23H2,1H3,(H,24,26);2*1H. The van der Waals surface area contributed by atoms with Crippen LogP contribution in [0, 0.1) is 5.92 Å². The molecule has 6 heteroatoms. The van der Waals surface area contributed by atoms with E-state index in [9.17, 15) is 4.79 Å². The van der Waals surface area contributed by atoms with Crippen LogP contribution >= 0.6 is 24.8 Å². The van der Waals surface area contributed by atoms with Gasteiger partial charge in [0, 0.05) is 13.1 Å². The Balaban J connectivity index is 0.00000196. The van der Waals surface area contributed by atoms with Crippen LogP contribution in [0.4, 0.5) is 0 Å². The minimum absolute atomic E-state index is 0. The van der Waals surface area contributed by atoms with E-state index in [1.54, 1.807) is 0 Å². The molecule has 0 aliphatic carbocycles. The number of halogens is 2. The number of nitrogens with zero attached hydrogens (tertiary/aromatic N) is 1. The Morgan fingerprint density at radius 3 is 2.25 bits per heavy atom. The third-order valence-electron chi connectivity index (χ3n) is 5.28. The molecular weight excluding hydrogens is 393 g/mol. The molecule has 1 amide bonds. The lowest BCUT2D eigenvalue weighted by molar-refractivity contribution is -0.122. The zero-order chi connectivity index (χ0) is 18.4. The molecule has 0 saturated carbocycles. The summed E-state index contributed by atoms with van der Waals surface area (Å²) < 4.78 is 0. The van der Waals surface area contributed by atoms with Gasteiger partial charge in [-0.2, -0.15) is 0 Å². The molecule has 3 rings (SSSR count). The summed E-state index contributed by atoms with van der Waals surface area (Å²) in [5, 5.41) is 3.00. The zero-order valence-corrected chi connectivity index (χ0v) is 18.0. The Labute approximate surface area is 180 Å². The van der Waals surface area contributed by atoms with Crippen molar-refractivity contribution in [2.24, 2.45) is 11.7 Å². The summed E-state index contributed by atoms with van der Waals surface area (Å²) >= 11 is 0. The van der Waals surface area contributed by atoms with Gasteiger partial charge in [0.25, 0.3) is 0 Å². The summed E-state index contributed by atoms with van der Waals surface area (Å²) in [5.74, 6) is 0.693. The number of nitrogens with two attached hydrogens (primary N) is 1. The summed E-state index contributed by atoms with van der Waals surface area (Å²) in [6.07, 6.45) is 2.54. The fourth-order valence-corrected chi connectivity index (χ4v) is 3.45. The molecule has 28 heavy (non-hydrogen) atoms. The third-order valence-corrected chi connectivity index (χ3v) is 5.28. The smallest absolute Gasteiger partial charge is 0.241 e. The van der Waals surface area contributed by atoms with Crippen LogP contribution in [-0.4, -0.2) is 23.9 Å². The first-order valence-electron chi connectivity index (χ1n) is 9.51. The minimum Gasteiger partial charge on any atom is -0.350 e. The van der Waals surface area contributed by atoms with E-state index >= 15 is 0 Å². The van der Waals surface area contributed by atoms with E-state index in [1.807, 2.05) is 36.4 Å². The van der Waals surface area contributed by atoms with Crippen LogP contribution in [0.15, 0.2) is 54.6 Å². The van der Waals surface area contributed by atoms with Gasteiger partial charge in [0.1, 0.15) is 6.04 Å². The number of benzene rings is 2. The second-order valence-electron chi connectivity index (χ2n) is 7.33. The van der Waals surface area contributed by atoms with Gasteiger partial charge in [-0.25, -0.2) is 0 Å². The highest BCUT2D eigenvalue weighted by atomic mass is 35.5. The first kappa shape index (κ1) is 24.4. The van der Waals surface area contributed by atoms with E-state index in [2.05, 4.69) is 35.3 Å². The van der Waals surface area contributed by atoms with Gasteiger partial charge in [0.2, 0.25) is 5.91 Å². The number of likely N-dealkylation sites (tertiary alicyclic amines) is 1. The quantitative estimate of drug-likeness (QED) is 0.735. The highest BCUT2D eigenvalue weighted by Crippen LogP contribution is 2.20. The van der Waals surface area contributed by atoms with Crippen molar-refractivity contribution in [1.29, 1.82) is 0 Å². The van der Waals surface area contributed by atoms with Gasteiger partial charge in [-0.15, -0.1) is 24.8 Å². The maximum absolute atomic E-state index is 12.4. The Hall–Kier alpha value is -1.59. The van der Waals surface area contributed by atoms with Gasteiger partial charge >= 0.3 is 0 Å². The van der Waals surface area contributed by atoms with E-state index in [0.29, 0.717) is 6.54 Å². The molecule has 0 radical (unpaired) electrons. The van der Waals surface area contributed by atoms with Crippen molar-refractivity contribution in [3.63, 3.8) is 0 Å². The number of amides is 1. The number of nitrogens with one attached hydrogen (secondary N) is 1. The van der Waals surface area contributed by atoms with Gasteiger partial charge in [-0.1, -0.05) is 61.5 Å². The zero-order valence-electron chi connectivity index (χ0n) is 16.3. The second-order valence-corrected chi connectivity index (χ2v) is 7.33. The first-order valence-corrected chi connectivity index (χ1v) is 9.51. The predicted octanol–water partition coefficient (Wildman–Crippen LogP) is 4.08. The van der Waals surface area contributed by atoms with E-state index in [4.69, 9.17) is 5.73 Å². The lowest BCUT2D eigenvalue weighted by Crippen LogP contribution is -2.35. The highest BCUT2D eigenvalue weighted by molar-refractivity contribution is 5.85. The van der Waals surface area contributed by atoms with Crippen LogP contribution in [0.1, 0.15) is 42.5 Å². The van der Waals surface area contributed by atoms with E-state index in [-0.39, 0.29) is 30.7 Å². The molecule has 1 heterocycles. The molecule has 1 aliphatic heterocycles. The molecular formula is C22H31Cl2N3O. The Kier molecular flexibility index (Phi) is 10.5. The average molecular weight is 424 g/mol. The molecule has 0 spiro atoms. The average Bonchev–Trinajstić information content (AvgIpc) is 2.69. The monoisotopic (exact) mass is 423 g/mol. The molecule has 0 bridgehead atoms. The summed E-state index contributed by atoms with van der Waals surface area (Å²) in [4.78, 5) is 14.9. The number of hydrogen-bond acceptors (Lipinski definition) is 3. The van der Waals surface area contributed by atoms with Gasteiger partial charge < -0.3 is 11.1 Å². The van der Waals surface area contributed by atoms with Crippen LogP contribution in [0.25, 0.3) is 0 Å². The van der Waals surface area contributed by atoms with Crippen LogP contribution in [0.2, 0.25) is 0 Å². The van der Waals surface area contributed by atoms with E-state index < -0.39 is 6.04 Å². The molecule has 1 unspecified atom stereocenters. The van der Waals surface area contributed by atoms with Crippen LogP contribution in [0.5, 0.6) is 0 Å². The van der Waals surface area contributed by atoms with Crippen molar-refractivity contribution >= 4 is 30.7 Å². The largest absolute Gasteiger partial charge is 0.350 e. The molecule has 1 saturated heterocycles. The van der Waals surface area contributed by atoms with Gasteiger partial charge in [0.15, 0.2) is 0 Å². The van der Waals surface area contributed by atoms with Crippen LogP contribution in [-0.2, 0) is 17.9 Å². The van der Waals surface area contributed by atoms with E-state index in [1.165, 1.54) is 24.0 Å². The Bertz CT molecular complexity index is 719. The van der Waals surface area contributed by atoms with Crippen molar-refractivity contribution in [1.82, 2.24) is 10.2 Å². The highest BCUT2D eigenvalue weighted by Gasteiger charge is 2.18. The third kappa shape index (κ3) is 6.78. The van der Waals surface area contributed by atoms with Crippen molar-refractivity contribution in [2.45, 2.75) is 38.9 Å². The van der Waals surface area contributed by atoms with Gasteiger partial charge in [-0.05, 0) is 48.5 Å². The summed E-state index contributed by atoms with van der Waals surface area (Å²) in [5.41, 5.74) is 9.37. The van der Waals surface area contributed by atoms with Crippen molar-refractivity contribution in [2.75, 3.05) is 13.1 Å². The predicted molar refractivity (Wildman–Crippen MR) is 120 cm³/mol. The fourth-order valence-electron chi connectivity index (χ4n) is 3.45. The molecule has 1 fully saturated rings. The number of rotatable bonds is 6. The summed E-state index contributed by atoms with van der Waals surface area (Å²) in [6.45, 7) is 6.10. The minimum atomic E-state index is -0.632. The van der Waals surface area contributed by atoms with Gasteiger partial charge in [0.05, 0.1) is 0 Å². The summed E-state index contributed by atoms with van der Waals surface area (Å²) in [7, 11) is 0. The van der Waals surface area contributed by atoms with E-state index in [0.717, 1.165) is 31.1 Å². The number of hydrogen-bond donors (Lipinski definition) is 2. The Morgan fingerprint density at radius 2 is 1.61 bits per heavy atom. The maximum Gasteiger partial charge on any atom is 0.241 e. The fraction of sp³-hybridized carbons (Fsp3) is 0.409. The topological polar surface area (TPSA) is 58.4 Å². The Morgan fingerprint density at radius 1 is 1.04 bits per heavy atom. The lowest BCUT2D eigenvalue weighted by atomic mass is 9.98. The second kappa shape index (κ2) is 12.1. The first-order chi connectivity index (χ1) is 12.6. The molecule has 3 N–H and O–H groups in total. The molecule has 154 valence electrons. The van der Waals surface area contributed by atoms with Crippen molar-refractivity contribution in [3.05, 3.63) is 71.3 Å². The molecule has 4 nitrogen and oxygen atoms in total. The maximum atomic E-state index is 12.4. The van der Waals surface area contributed by atoms with Crippen LogP contribution in [0.3, 0.4) is 0 Å². The number of piperidine rings is 1.